The van der Waals surface area contributed by atoms with E-state index in [-0.39, 0.29) is 0 Å². The molecule has 1 rings (SSSR count). The van der Waals surface area contributed by atoms with Crippen LogP contribution in [0.4, 0.5) is 0 Å². The molecule has 1 saturated heterocycles. The second kappa shape index (κ2) is 4.09. The average molecular weight is 218 g/mol. The van der Waals surface area contributed by atoms with Crippen molar-refractivity contribution in [3.05, 3.63) is 0 Å². The summed E-state index contributed by atoms with van der Waals surface area (Å²) in [5, 5.41) is 30.9. The van der Waals surface area contributed by atoms with Gasteiger partial charge in [0.25, 0.3) is 0 Å². The highest BCUT2D eigenvalue weighted by Crippen LogP contribution is 2.30. The Morgan fingerprint density at radius 1 is 1.64 bits per heavy atom. The van der Waals surface area contributed by atoms with Crippen LogP contribution in [0.1, 0.15) is 6.92 Å². The molecule has 6 heteroatoms. The molecule has 0 amide bonds. The number of halogens is 1. The zero-order chi connectivity index (χ0) is 10.9. The molecule has 4 nitrogen and oxygen atoms in total. The highest BCUT2D eigenvalue weighted by Gasteiger charge is 2.53. The van der Waals surface area contributed by atoms with Crippen LogP contribution in [-0.2, 0) is 4.74 Å². The zero-order valence-corrected chi connectivity index (χ0v) is 8.69. The summed E-state index contributed by atoms with van der Waals surface area (Å²) in [5.74, 6) is 2.29. The Balaban J connectivity index is 2.93. The van der Waals surface area contributed by atoms with E-state index >= 15 is 0 Å². The third-order valence-electron chi connectivity index (χ3n) is 2.47. The average Bonchev–Trinajstić information content (AvgIpc) is 2.31. The Morgan fingerprint density at radius 3 is 2.57 bits per heavy atom. The first kappa shape index (κ1) is 11.8. The second-order valence-electron chi connectivity index (χ2n) is 3.47. The quantitative estimate of drug-likeness (QED) is 0.352. The molecule has 78 valence electrons. The number of ether oxygens (including phenoxy) is 1. The lowest BCUT2D eigenvalue weighted by atomic mass is 9.80. The van der Waals surface area contributed by atoms with Gasteiger partial charge in [0.1, 0.15) is 20.1 Å². The Labute approximate surface area is 88.2 Å². The van der Waals surface area contributed by atoms with Crippen LogP contribution in [0.25, 0.3) is 0 Å². The standard InChI is InChI=1S/C8H12BClO4/c1-4(11)5-6(12)8(13,2-3-10)7(9)14-5/h4-7,11-13H,9H2,1H3/t4?,5-,6?,7-,8-/m1/s1. The molecule has 3 N–H and O–H groups in total. The first-order valence-electron chi connectivity index (χ1n) is 4.30. The Hall–Kier alpha value is -0.245. The molecule has 0 spiro atoms. The van der Waals surface area contributed by atoms with Gasteiger partial charge in [-0.3, -0.25) is 0 Å². The fraction of sp³-hybridized carbons (Fsp3) is 0.750. The third-order valence-corrected chi connectivity index (χ3v) is 2.56. The largest absolute Gasteiger partial charge is 0.391 e. The SMILES string of the molecule is B[C@@H]1O[C@H](C(C)O)C(O)[C@]1(O)C#CCl. The molecule has 0 aromatic rings. The summed E-state index contributed by atoms with van der Waals surface area (Å²) in [4.78, 5) is 0. The maximum Gasteiger partial charge on any atom is 0.173 e. The van der Waals surface area contributed by atoms with E-state index in [1.807, 2.05) is 5.38 Å². The van der Waals surface area contributed by atoms with Gasteiger partial charge < -0.3 is 20.1 Å². The van der Waals surface area contributed by atoms with E-state index in [9.17, 15) is 15.3 Å². The predicted molar refractivity (Wildman–Crippen MR) is 53.5 cm³/mol. The van der Waals surface area contributed by atoms with Gasteiger partial charge in [0.2, 0.25) is 0 Å². The first-order valence-corrected chi connectivity index (χ1v) is 4.68. The monoisotopic (exact) mass is 218 g/mol. The fourth-order valence-electron chi connectivity index (χ4n) is 1.53. The minimum Gasteiger partial charge on any atom is -0.391 e. The van der Waals surface area contributed by atoms with Gasteiger partial charge in [0.15, 0.2) is 5.60 Å². The van der Waals surface area contributed by atoms with Gasteiger partial charge in [-0.1, -0.05) is 0 Å². The molecule has 2 unspecified atom stereocenters. The molecule has 0 aliphatic carbocycles. The number of rotatable bonds is 1. The van der Waals surface area contributed by atoms with Crippen molar-refractivity contribution in [2.75, 3.05) is 0 Å². The van der Waals surface area contributed by atoms with Crippen LogP contribution in [0.3, 0.4) is 0 Å². The topological polar surface area (TPSA) is 69.9 Å². The molecule has 0 aromatic heterocycles. The molecule has 0 aromatic carbocycles. The van der Waals surface area contributed by atoms with Crippen LogP contribution in [0.2, 0.25) is 0 Å². The predicted octanol–water partition coefficient (Wildman–Crippen LogP) is -1.98. The first-order chi connectivity index (χ1) is 6.43. The Morgan fingerprint density at radius 2 is 2.21 bits per heavy atom. The summed E-state index contributed by atoms with van der Waals surface area (Å²) in [6, 6.07) is -0.691. The highest BCUT2D eigenvalue weighted by molar-refractivity contribution is 6.30. The molecule has 1 heterocycles. The molecule has 0 radical (unpaired) electrons. The van der Waals surface area contributed by atoms with E-state index in [0.717, 1.165) is 0 Å². The van der Waals surface area contributed by atoms with Crippen molar-refractivity contribution < 1.29 is 20.1 Å². The van der Waals surface area contributed by atoms with Gasteiger partial charge in [0, 0.05) is 5.38 Å². The summed E-state index contributed by atoms with van der Waals surface area (Å²) in [7, 11) is 1.56. The molecule has 1 aliphatic rings. The van der Waals surface area contributed by atoms with Crippen LogP contribution in [0.15, 0.2) is 0 Å². The van der Waals surface area contributed by atoms with Gasteiger partial charge in [0.05, 0.1) is 12.1 Å². The van der Waals surface area contributed by atoms with Crippen molar-refractivity contribution in [3.8, 4) is 11.3 Å². The van der Waals surface area contributed by atoms with Crippen LogP contribution >= 0.6 is 11.6 Å². The van der Waals surface area contributed by atoms with Gasteiger partial charge in [-0.05, 0) is 24.4 Å². The van der Waals surface area contributed by atoms with E-state index in [0.29, 0.717) is 0 Å². The second-order valence-corrected chi connectivity index (χ2v) is 3.66. The summed E-state index contributed by atoms with van der Waals surface area (Å²) < 4.78 is 5.19. The minimum atomic E-state index is -1.70. The van der Waals surface area contributed by atoms with Crippen molar-refractivity contribution in [2.45, 2.75) is 36.8 Å². The Bertz CT molecular complexity index is 274. The van der Waals surface area contributed by atoms with Crippen LogP contribution < -0.4 is 0 Å². The number of hydrogen-bond donors (Lipinski definition) is 3. The third kappa shape index (κ3) is 1.77. The molecule has 1 aliphatic heterocycles. The van der Waals surface area contributed by atoms with Crippen LogP contribution in [0, 0.1) is 11.3 Å². The lowest BCUT2D eigenvalue weighted by molar-refractivity contribution is -0.0520. The normalized spacial score (nSPS) is 44.2. The van der Waals surface area contributed by atoms with E-state index in [1.54, 1.807) is 7.85 Å². The lowest BCUT2D eigenvalue weighted by Gasteiger charge is -2.23. The zero-order valence-electron chi connectivity index (χ0n) is 7.94. The molecule has 1 fully saturated rings. The lowest BCUT2D eigenvalue weighted by Crippen LogP contribution is -2.48. The molecular formula is C8H12BClO4. The molecule has 5 atom stereocenters. The fourth-order valence-corrected chi connectivity index (χ4v) is 1.68. The number of hydrogen-bond acceptors (Lipinski definition) is 4. The van der Waals surface area contributed by atoms with Gasteiger partial charge in [-0.25, -0.2) is 0 Å². The maximum absolute atomic E-state index is 9.90. The van der Waals surface area contributed by atoms with Gasteiger partial charge >= 0.3 is 0 Å². The smallest absolute Gasteiger partial charge is 0.173 e. The van der Waals surface area contributed by atoms with E-state index in [2.05, 4.69) is 5.92 Å². The minimum absolute atomic E-state index is 0.691. The van der Waals surface area contributed by atoms with Crippen molar-refractivity contribution in [1.82, 2.24) is 0 Å². The maximum atomic E-state index is 9.90. The summed E-state index contributed by atoms with van der Waals surface area (Å²) in [6.45, 7) is 1.47. The molecule has 14 heavy (non-hydrogen) atoms. The van der Waals surface area contributed by atoms with Crippen LogP contribution in [0.5, 0.6) is 0 Å². The summed E-state index contributed by atoms with van der Waals surface area (Å²) in [5.41, 5.74) is -1.70. The van der Waals surface area contributed by atoms with Crippen molar-refractivity contribution in [3.63, 3.8) is 0 Å². The van der Waals surface area contributed by atoms with E-state index < -0.39 is 29.9 Å². The van der Waals surface area contributed by atoms with Crippen molar-refractivity contribution in [1.29, 1.82) is 0 Å². The van der Waals surface area contributed by atoms with E-state index in [4.69, 9.17) is 16.3 Å². The molecule has 0 bridgehead atoms. The number of aliphatic hydroxyl groups excluding tert-OH is 2. The number of aliphatic hydroxyl groups is 3. The summed E-state index contributed by atoms with van der Waals surface area (Å²) in [6.07, 6.45) is -2.98. The molecule has 0 saturated carbocycles. The summed E-state index contributed by atoms with van der Waals surface area (Å²) >= 11 is 5.18. The Kier molecular flexibility index (Phi) is 3.46. The van der Waals surface area contributed by atoms with Crippen molar-refractivity contribution in [2.24, 2.45) is 0 Å². The van der Waals surface area contributed by atoms with Gasteiger partial charge in [-0.15, -0.1) is 0 Å². The molecular weight excluding hydrogens is 206 g/mol. The van der Waals surface area contributed by atoms with Gasteiger partial charge in [-0.2, -0.15) is 0 Å². The van der Waals surface area contributed by atoms with Crippen molar-refractivity contribution >= 4 is 19.4 Å². The van der Waals surface area contributed by atoms with Crippen LogP contribution in [-0.4, -0.2) is 53.1 Å². The van der Waals surface area contributed by atoms with E-state index in [1.165, 1.54) is 6.92 Å². The highest BCUT2D eigenvalue weighted by atomic mass is 35.5.